The Bertz CT molecular complexity index is 1130. The molecule has 0 bridgehead atoms. The average Bonchev–Trinajstić information content (AvgIpc) is 3.22. The molecule has 2 aromatic heterocycles. The topological polar surface area (TPSA) is 91.2 Å². The number of aromatic nitrogens is 4. The monoisotopic (exact) mass is 403 g/mol. The predicted molar refractivity (Wildman–Crippen MR) is 110 cm³/mol. The van der Waals surface area contributed by atoms with Crippen LogP contribution in [0.2, 0.25) is 0 Å². The number of benzene rings is 1. The molecule has 0 amide bonds. The van der Waals surface area contributed by atoms with Crippen molar-refractivity contribution in [3.05, 3.63) is 59.6 Å². The van der Waals surface area contributed by atoms with Crippen LogP contribution in [0.5, 0.6) is 11.5 Å². The molecular weight excluding hydrogens is 382 g/mol. The fraction of sp³-hybridized carbons (Fsp3) is 0.273. The van der Waals surface area contributed by atoms with Gasteiger partial charge in [-0.3, -0.25) is 9.78 Å². The molecule has 0 fully saturated rings. The number of hydrogen-bond donors (Lipinski definition) is 1. The maximum atomic E-state index is 12.9. The number of hydrogen-bond acceptors (Lipinski definition) is 7. The first-order chi connectivity index (χ1) is 14.7. The molecule has 0 radical (unpaired) electrons. The second-order valence-corrected chi connectivity index (χ2v) is 7.29. The first kappa shape index (κ1) is 18.4. The average molecular weight is 403 g/mol. The van der Waals surface area contributed by atoms with Crippen molar-refractivity contribution < 1.29 is 14.3 Å². The molecule has 0 saturated heterocycles. The van der Waals surface area contributed by atoms with E-state index in [1.807, 2.05) is 24.3 Å². The normalized spacial score (nSPS) is 17.8. The van der Waals surface area contributed by atoms with E-state index in [1.165, 1.54) is 0 Å². The zero-order chi connectivity index (χ0) is 20.7. The minimum absolute atomic E-state index is 0.142. The number of fused-ring (bicyclic) bond motifs is 1. The number of rotatable bonds is 4. The minimum Gasteiger partial charge on any atom is -0.497 e. The number of nitrogens with zero attached hydrogens (tertiary/aromatic N) is 4. The van der Waals surface area contributed by atoms with Gasteiger partial charge in [0.1, 0.15) is 17.5 Å². The third kappa shape index (κ3) is 3.01. The van der Waals surface area contributed by atoms with Crippen LogP contribution in [0, 0.1) is 0 Å². The Labute approximate surface area is 173 Å². The molecule has 30 heavy (non-hydrogen) atoms. The molecule has 3 heterocycles. The van der Waals surface area contributed by atoms with Gasteiger partial charge < -0.3 is 14.8 Å². The summed E-state index contributed by atoms with van der Waals surface area (Å²) in [5, 5.41) is 8.11. The first-order valence-corrected chi connectivity index (χ1v) is 9.81. The Morgan fingerprint density at radius 1 is 1.13 bits per heavy atom. The lowest BCUT2D eigenvalue weighted by Gasteiger charge is -2.31. The van der Waals surface area contributed by atoms with Crippen molar-refractivity contribution in [3.63, 3.8) is 0 Å². The summed E-state index contributed by atoms with van der Waals surface area (Å²) in [7, 11) is 3.21. The van der Waals surface area contributed by atoms with Crippen molar-refractivity contribution in [1.29, 1.82) is 0 Å². The number of pyridine rings is 1. The van der Waals surface area contributed by atoms with Crippen molar-refractivity contribution in [3.8, 4) is 22.9 Å². The third-order valence-corrected chi connectivity index (χ3v) is 5.48. The summed E-state index contributed by atoms with van der Waals surface area (Å²) in [6.45, 7) is 0. The zero-order valence-corrected chi connectivity index (χ0v) is 16.8. The molecule has 1 aromatic carbocycles. The molecule has 1 aliphatic heterocycles. The molecule has 8 nitrogen and oxygen atoms in total. The van der Waals surface area contributed by atoms with Gasteiger partial charge in [-0.25, -0.2) is 4.68 Å². The largest absolute Gasteiger partial charge is 0.497 e. The van der Waals surface area contributed by atoms with Crippen molar-refractivity contribution in [2.24, 2.45) is 0 Å². The van der Waals surface area contributed by atoms with E-state index in [-0.39, 0.29) is 11.8 Å². The summed E-state index contributed by atoms with van der Waals surface area (Å²) in [6, 6.07) is 9.01. The molecular formula is C22H21N5O3. The summed E-state index contributed by atoms with van der Waals surface area (Å²) < 4.78 is 12.5. The predicted octanol–water partition coefficient (Wildman–Crippen LogP) is 3.38. The van der Waals surface area contributed by atoms with Crippen LogP contribution in [0.3, 0.4) is 0 Å². The van der Waals surface area contributed by atoms with Crippen LogP contribution in [0.4, 0.5) is 5.95 Å². The Morgan fingerprint density at radius 3 is 2.63 bits per heavy atom. The lowest BCUT2D eigenvalue weighted by molar-refractivity contribution is -0.116. The Morgan fingerprint density at radius 2 is 1.93 bits per heavy atom. The quantitative estimate of drug-likeness (QED) is 0.714. The SMILES string of the molecule is COc1cc(OC)cc(-c2nc3n(n2)[C@@H](c2cccnc2)C2=C(CCCC2=O)N3)c1. The fourth-order valence-electron chi connectivity index (χ4n) is 4.06. The van der Waals surface area contributed by atoms with Gasteiger partial charge in [-0.2, -0.15) is 4.98 Å². The first-order valence-electron chi connectivity index (χ1n) is 9.81. The molecule has 8 heteroatoms. The van der Waals surface area contributed by atoms with E-state index in [0.29, 0.717) is 29.7 Å². The number of ketones is 1. The van der Waals surface area contributed by atoms with Gasteiger partial charge in [0.2, 0.25) is 5.95 Å². The van der Waals surface area contributed by atoms with Crippen LogP contribution in [0.25, 0.3) is 11.4 Å². The summed E-state index contributed by atoms with van der Waals surface area (Å²) >= 11 is 0. The molecule has 0 saturated carbocycles. The summed E-state index contributed by atoms with van der Waals surface area (Å²) in [5.74, 6) is 2.58. The van der Waals surface area contributed by atoms with E-state index in [2.05, 4.69) is 10.3 Å². The smallest absolute Gasteiger partial charge is 0.226 e. The van der Waals surface area contributed by atoms with E-state index in [9.17, 15) is 4.79 Å². The van der Waals surface area contributed by atoms with Crippen LogP contribution < -0.4 is 14.8 Å². The molecule has 1 aliphatic carbocycles. The number of nitrogens with one attached hydrogen (secondary N) is 1. The maximum absolute atomic E-state index is 12.9. The summed E-state index contributed by atoms with van der Waals surface area (Å²) in [6.07, 6.45) is 5.69. The van der Waals surface area contributed by atoms with E-state index in [0.717, 1.165) is 35.2 Å². The van der Waals surface area contributed by atoms with E-state index in [4.69, 9.17) is 19.6 Å². The number of carbonyl (C=O) groups is 1. The molecule has 3 aromatic rings. The van der Waals surface area contributed by atoms with Gasteiger partial charge in [-0.1, -0.05) is 6.07 Å². The number of anilines is 1. The number of ether oxygens (including phenoxy) is 2. The summed E-state index contributed by atoms with van der Waals surface area (Å²) in [4.78, 5) is 21.8. The lowest BCUT2D eigenvalue weighted by atomic mass is 9.86. The number of Topliss-reactive ketones (excluding diaryl/α,β-unsaturated/α-hetero) is 1. The van der Waals surface area contributed by atoms with E-state index < -0.39 is 0 Å². The molecule has 152 valence electrons. The van der Waals surface area contributed by atoms with Crippen LogP contribution in [-0.4, -0.2) is 39.8 Å². The van der Waals surface area contributed by atoms with Crippen molar-refractivity contribution in [1.82, 2.24) is 19.7 Å². The molecule has 0 unspecified atom stereocenters. The van der Waals surface area contributed by atoms with Crippen molar-refractivity contribution >= 4 is 11.7 Å². The molecule has 1 N–H and O–H groups in total. The molecule has 5 rings (SSSR count). The van der Waals surface area contributed by atoms with Crippen LogP contribution in [0.1, 0.15) is 30.9 Å². The van der Waals surface area contributed by atoms with E-state index >= 15 is 0 Å². The number of carbonyl (C=O) groups excluding carboxylic acids is 1. The Kier molecular flexibility index (Phi) is 4.46. The van der Waals surface area contributed by atoms with Crippen LogP contribution in [-0.2, 0) is 4.79 Å². The highest BCUT2D eigenvalue weighted by Gasteiger charge is 2.37. The van der Waals surface area contributed by atoms with Gasteiger partial charge in [0.15, 0.2) is 11.6 Å². The minimum atomic E-state index is -0.355. The van der Waals surface area contributed by atoms with Gasteiger partial charge >= 0.3 is 0 Å². The zero-order valence-electron chi connectivity index (χ0n) is 16.8. The van der Waals surface area contributed by atoms with Gasteiger partial charge in [0.05, 0.1) is 14.2 Å². The molecule has 1 atom stereocenters. The highest BCUT2D eigenvalue weighted by atomic mass is 16.5. The van der Waals surface area contributed by atoms with Gasteiger partial charge in [0.25, 0.3) is 0 Å². The van der Waals surface area contributed by atoms with E-state index in [1.54, 1.807) is 37.4 Å². The maximum Gasteiger partial charge on any atom is 0.226 e. The molecule has 2 aliphatic rings. The van der Waals surface area contributed by atoms with Crippen molar-refractivity contribution in [2.75, 3.05) is 19.5 Å². The van der Waals surface area contributed by atoms with Crippen LogP contribution in [0.15, 0.2) is 54.0 Å². The van der Waals surface area contributed by atoms with Gasteiger partial charge in [-0.15, -0.1) is 5.10 Å². The molecule has 0 spiro atoms. The number of allylic oxidation sites excluding steroid dienone is 2. The van der Waals surface area contributed by atoms with Crippen LogP contribution >= 0.6 is 0 Å². The second-order valence-electron chi connectivity index (χ2n) is 7.29. The van der Waals surface area contributed by atoms with Crippen molar-refractivity contribution in [2.45, 2.75) is 25.3 Å². The number of methoxy groups -OCH3 is 2. The van der Waals surface area contributed by atoms with Gasteiger partial charge in [-0.05, 0) is 36.6 Å². The highest BCUT2D eigenvalue weighted by Crippen LogP contribution is 2.40. The third-order valence-electron chi connectivity index (χ3n) is 5.48. The lowest BCUT2D eigenvalue weighted by Crippen LogP contribution is -2.31. The summed E-state index contributed by atoms with van der Waals surface area (Å²) in [5.41, 5.74) is 3.35. The Balaban J connectivity index is 1.66. The standard InChI is InChI=1S/C22H21N5O3/c1-29-15-9-14(10-16(11-15)30-2)21-25-22-24-17-6-3-7-18(28)19(17)20(27(22)26-21)13-5-4-8-23-12-13/h4-5,8-12,20H,3,6-7H2,1-2H3,(H,24,25,26)/t20-/m0/s1. The van der Waals surface area contributed by atoms with Gasteiger partial charge in [0, 0.05) is 41.7 Å². The fourth-order valence-corrected chi connectivity index (χ4v) is 4.06. The Hall–Kier alpha value is -3.68. The highest BCUT2D eigenvalue weighted by molar-refractivity contribution is 5.99. The second kappa shape index (κ2) is 7.29.